The predicted molar refractivity (Wildman–Crippen MR) is 106 cm³/mol. The van der Waals surface area contributed by atoms with Crippen LogP contribution in [0.1, 0.15) is 46.5 Å². The Hall–Kier alpha value is -2.07. The van der Waals surface area contributed by atoms with Crippen LogP contribution in [0, 0.1) is 0 Å². The molecule has 0 aromatic rings. The molecule has 4 nitrogen and oxygen atoms in total. The van der Waals surface area contributed by atoms with E-state index in [0.29, 0.717) is 6.61 Å². The summed E-state index contributed by atoms with van der Waals surface area (Å²) in [7, 11) is 0. The molecule has 3 rings (SSSR count). The van der Waals surface area contributed by atoms with Crippen LogP contribution in [-0.2, 0) is 9.53 Å². The smallest absolute Gasteiger partial charge is 0.317 e. The van der Waals surface area contributed by atoms with Crippen LogP contribution in [0.15, 0.2) is 58.4 Å². The highest BCUT2D eigenvalue weighted by molar-refractivity contribution is 5.69. The van der Waals surface area contributed by atoms with E-state index >= 15 is 0 Å². The summed E-state index contributed by atoms with van der Waals surface area (Å²) in [6, 6.07) is 0. The highest BCUT2D eigenvalue weighted by Crippen LogP contribution is 2.39. The van der Waals surface area contributed by atoms with Crippen LogP contribution < -0.4 is 0 Å². The van der Waals surface area contributed by atoms with Gasteiger partial charge in [-0.05, 0) is 37.3 Å². The Morgan fingerprint density at radius 1 is 1.27 bits per heavy atom. The number of hydrogen-bond donors (Lipinski definition) is 1. The standard InChI is InChI=1S/C20H25NO3.C2H6/c1-2-3-6-16-14-24-18-8-5-4-7-17(18)20(16)15-9-11-21(12-10-15)13-19(22)23;1-2/h2-4,6-7H,5,8-14H2,1H3,(H,22,23);1-2H3/b3-2-,16-6+;. The van der Waals surface area contributed by atoms with Crippen LogP contribution in [0.3, 0.4) is 0 Å². The molecule has 0 spiro atoms. The van der Waals surface area contributed by atoms with Crippen molar-refractivity contribution in [2.24, 2.45) is 0 Å². The fourth-order valence-corrected chi connectivity index (χ4v) is 3.61. The summed E-state index contributed by atoms with van der Waals surface area (Å²) >= 11 is 0. The Bertz CT molecular complexity index is 655. The predicted octanol–water partition coefficient (Wildman–Crippen LogP) is 4.63. The number of carbonyl (C=O) groups is 1. The van der Waals surface area contributed by atoms with Gasteiger partial charge in [0.15, 0.2) is 0 Å². The van der Waals surface area contributed by atoms with Gasteiger partial charge in [0.05, 0.1) is 6.54 Å². The number of carboxylic acids is 1. The van der Waals surface area contributed by atoms with Crippen molar-refractivity contribution in [3.8, 4) is 0 Å². The second-order valence-corrected chi connectivity index (χ2v) is 6.43. The van der Waals surface area contributed by atoms with Crippen LogP contribution in [0.4, 0.5) is 0 Å². The zero-order chi connectivity index (χ0) is 18.9. The van der Waals surface area contributed by atoms with Crippen LogP contribution in [0.2, 0.25) is 0 Å². The molecule has 0 aromatic carbocycles. The molecule has 1 N–H and O–H groups in total. The molecule has 0 saturated carbocycles. The molecule has 0 unspecified atom stereocenters. The second-order valence-electron chi connectivity index (χ2n) is 6.43. The lowest BCUT2D eigenvalue weighted by Gasteiger charge is -2.33. The third-order valence-corrected chi connectivity index (χ3v) is 4.78. The van der Waals surface area contributed by atoms with E-state index in [9.17, 15) is 4.79 Å². The van der Waals surface area contributed by atoms with Crippen LogP contribution in [-0.4, -0.2) is 42.2 Å². The molecule has 1 saturated heterocycles. The molecule has 26 heavy (non-hydrogen) atoms. The Kier molecular flexibility index (Phi) is 7.92. The van der Waals surface area contributed by atoms with Gasteiger partial charge in [0.2, 0.25) is 0 Å². The Labute approximate surface area is 157 Å². The largest absolute Gasteiger partial charge is 0.493 e. The minimum atomic E-state index is -0.744. The first-order valence-corrected chi connectivity index (χ1v) is 9.70. The molecular weight excluding hydrogens is 326 g/mol. The van der Waals surface area contributed by atoms with E-state index in [2.05, 4.69) is 24.3 Å². The fourth-order valence-electron chi connectivity index (χ4n) is 3.61. The number of ether oxygens (including phenoxy) is 1. The van der Waals surface area contributed by atoms with Crippen molar-refractivity contribution in [2.45, 2.75) is 46.5 Å². The number of carboxylic acid groups (broad SMARTS) is 1. The molecule has 0 atom stereocenters. The van der Waals surface area contributed by atoms with Crippen molar-refractivity contribution < 1.29 is 14.6 Å². The van der Waals surface area contributed by atoms with Gasteiger partial charge in [-0.3, -0.25) is 9.69 Å². The van der Waals surface area contributed by atoms with Crippen molar-refractivity contribution in [2.75, 3.05) is 26.2 Å². The van der Waals surface area contributed by atoms with Crippen molar-refractivity contribution in [1.82, 2.24) is 4.90 Å². The number of nitrogens with zero attached hydrogens (tertiary/aromatic N) is 1. The maximum atomic E-state index is 10.9. The average molecular weight is 357 g/mol. The molecule has 1 fully saturated rings. The maximum absolute atomic E-state index is 10.9. The van der Waals surface area contributed by atoms with Gasteiger partial charge in [0.1, 0.15) is 12.4 Å². The number of likely N-dealkylation sites (tertiary alicyclic amines) is 1. The fraction of sp³-hybridized carbons (Fsp3) is 0.500. The first kappa shape index (κ1) is 20.2. The Balaban J connectivity index is 0.00000117. The van der Waals surface area contributed by atoms with Gasteiger partial charge < -0.3 is 9.84 Å². The van der Waals surface area contributed by atoms with Gasteiger partial charge in [-0.1, -0.05) is 49.8 Å². The van der Waals surface area contributed by atoms with E-state index < -0.39 is 5.97 Å². The van der Waals surface area contributed by atoms with Crippen LogP contribution >= 0.6 is 0 Å². The van der Waals surface area contributed by atoms with E-state index in [1.807, 2.05) is 31.7 Å². The van der Waals surface area contributed by atoms with Gasteiger partial charge >= 0.3 is 5.97 Å². The molecule has 0 radical (unpaired) electrons. The first-order valence-electron chi connectivity index (χ1n) is 9.70. The van der Waals surface area contributed by atoms with E-state index in [1.54, 1.807) is 0 Å². The molecule has 2 heterocycles. The topological polar surface area (TPSA) is 49.8 Å². The lowest BCUT2D eigenvalue weighted by atomic mass is 9.84. The third kappa shape index (κ3) is 4.98. The highest BCUT2D eigenvalue weighted by Gasteiger charge is 2.27. The number of aliphatic carboxylic acids is 1. The van der Waals surface area contributed by atoms with E-state index in [-0.39, 0.29) is 6.54 Å². The third-order valence-electron chi connectivity index (χ3n) is 4.78. The summed E-state index contributed by atoms with van der Waals surface area (Å²) in [4.78, 5) is 12.9. The van der Waals surface area contributed by atoms with E-state index in [0.717, 1.165) is 44.5 Å². The summed E-state index contributed by atoms with van der Waals surface area (Å²) < 4.78 is 5.99. The van der Waals surface area contributed by atoms with Crippen LogP contribution in [0.25, 0.3) is 0 Å². The van der Waals surface area contributed by atoms with Gasteiger partial charge in [-0.25, -0.2) is 0 Å². The molecular formula is C22H31NO3. The molecule has 2 aliphatic heterocycles. The quantitative estimate of drug-likeness (QED) is 0.800. The minimum Gasteiger partial charge on any atom is -0.493 e. The van der Waals surface area contributed by atoms with Crippen LogP contribution in [0.5, 0.6) is 0 Å². The Morgan fingerprint density at radius 3 is 2.65 bits per heavy atom. The van der Waals surface area contributed by atoms with Crippen molar-refractivity contribution in [3.05, 3.63) is 58.4 Å². The molecule has 142 valence electrons. The monoisotopic (exact) mass is 357 g/mol. The maximum Gasteiger partial charge on any atom is 0.317 e. The Morgan fingerprint density at radius 2 is 2.00 bits per heavy atom. The number of hydrogen-bond acceptors (Lipinski definition) is 3. The van der Waals surface area contributed by atoms with Gasteiger partial charge in [-0.2, -0.15) is 0 Å². The minimum absolute atomic E-state index is 0.140. The zero-order valence-electron chi connectivity index (χ0n) is 16.3. The van der Waals surface area contributed by atoms with Crippen molar-refractivity contribution >= 4 is 5.97 Å². The van der Waals surface area contributed by atoms with E-state index in [4.69, 9.17) is 9.84 Å². The molecule has 0 aromatic heterocycles. The number of piperidine rings is 1. The number of allylic oxidation sites excluding steroid dienone is 7. The summed E-state index contributed by atoms with van der Waals surface area (Å²) in [6.07, 6.45) is 14.6. The van der Waals surface area contributed by atoms with Crippen molar-refractivity contribution in [3.63, 3.8) is 0 Å². The molecule has 1 aliphatic carbocycles. The highest BCUT2D eigenvalue weighted by atomic mass is 16.5. The first-order chi connectivity index (χ1) is 12.7. The molecule has 0 bridgehead atoms. The van der Waals surface area contributed by atoms with Gasteiger partial charge in [0.25, 0.3) is 0 Å². The van der Waals surface area contributed by atoms with Gasteiger partial charge in [-0.15, -0.1) is 0 Å². The SMILES string of the molecule is C/C=C\C=C1/COC2=C(C=CCC2)C1=C1CCN(CC(=O)O)CC1.CC. The summed E-state index contributed by atoms with van der Waals surface area (Å²) in [5.41, 5.74) is 5.26. The summed E-state index contributed by atoms with van der Waals surface area (Å²) in [5.74, 6) is 0.372. The molecule has 0 amide bonds. The van der Waals surface area contributed by atoms with Gasteiger partial charge in [0, 0.05) is 25.1 Å². The average Bonchev–Trinajstić information content (AvgIpc) is 2.68. The normalized spacial score (nSPS) is 22.2. The molecule has 4 heteroatoms. The summed E-state index contributed by atoms with van der Waals surface area (Å²) in [6.45, 7) is 8.42. The lowest BCUT2D eigenvalue weighted by molar-refractivity contribution is -0.138. The second kappa shape index (κ2) is 10.2. The zero-order valence-corrected chi connectivity index (χ0v) is 16.3. The molecule has 3 aliphatic rings. The van der Waals surface area contributed by atoms with E-state index in [1.165, 1.54) is 22.3 Å². The van der Waals surface area contributed by atoms with Crippen molar-refractivity contribution in [1.29, 1.82) is 0 Å². The summed E-state index contributed by atoms with van der Waals surface area (Å²) in [5, 5.41) is 8.97. The lowest BCUT2D eigenvalue weighted by Crippen LogP contribution is -2.35. The number of rotatable bonds is 3.